The van der Waals surface area contributed by atoms with Crippen LogP contribution in [0.3, 0.4) is 0 Å². The van der Waals surface area contributed by atoms with Gasteiger partial charge in [-0.05, 0) is 18.6 Å². The van der Waals surface area contributed by atoms with Crippen molar-refractivity contribution >= 4 is 17.7 Å². The van der Waals surface area contributed by atoms with E-state index >= 15 is 0 Å². The summed E-state index contributed by atoms with van der Waals surface area (Å²) in [5.74, 6) is 2.07. The molecule has 1 aliphatic rings. The molecule has 88 valence electrons. The van der Waals surface area contributed by atoms with Gasteiger partial charge in [0, 0.05) is 6.42 Å². The van der Waals surface area contributed by atoms with E-state index in [-0.39, 0.29) is 0 Å². The molecule has 0 spiro atoms. The van der Waals surface area contributed by atoms with Gasteiger partial charge in [-0.2, -0.15) is 9.97 Å². The van der Waals surface area contributed by atoms with E-state index in [0.29, 0.717) is 5.95 Å². The van der Waals surface area contributed by atoms with E-state index in [4.69, 9.17) is 5.73 Å². The van der Waals surface area contributed by atoms with Crippen LogP contribution in [0.15, 0.2) is 5.16 Å². The van der Waals surface area contributed by atoms with Gasteiger partial charge in [0.25, 0.3) is 0 Å². The molecule has 0 amide bonds. The molecule has 2 N–H and O–H groups in total. The lowest BCUT2D eigenvalue weighted by molar-refractivity contribution is 0.495. The highest BCUT2D eigenvalue weighted by Gasteiger charge is 2.15. The van der Waals surface area contributed by atoms with Crippen LogP contribution >= 0.6 is 11.8 Å². The zero-order valence-electron chi connectivity index (χ0n) is 9.65. The quantitative estimate of drug-likeness (QED) is 0.815. The summed E-state index contributed by atoms with van der Waals surface area (Å²) in [6.45, 7) is 0. The fourth-order valence-electron chi connectivity index (χ4n) is 2.25. The van der Waals surface area contributed by atoms with Gasteiger partial charge in [-0.3, -0.25) is 0 Å². The summed E-state index contributed by atoms with van der Waals surface area (Å²) in [7, 11) is 0. The number of anilines is 1. The van der Waals surface area contributed by atoms with Gasteiger partial charge < -0.3 is 5.73 Å². The third-order valence-electron chi connectivity index (χ3n) is 3.11. The maximum absolute atomic E-state index is 5.64. The standard InChI is InChI=1S/C11H18N4S/c1-16-11-14-9(13-10(12)15-11)7-6-8-4-2-3-5-8/h8H,2-7H2,1H3,(H2,12,13,14,15). The van der Waals surface area contributed by atoms with Crippen LogP contribution in [-0.4, -0.2) is 21.2 Å². The van der Waals surface area contributed by atoms with Crippen LogP contribution in [0.25, 0.3) is 0 Å². The molecular formula is C11H18N4S. The monoisotopic (exact) mass is 238 g/mol. The molecule has 0 aliphatic heterocycles. The number of rotatable bonds is 4. The Balaban J connectivity index is 1.94. The number of nitrogens with two attached hydrogens (primary N) is 1. The highest BCUT2D eigenvalue weighted by molar-refractivity contribution is 7.98. The summed E-state index contributed by atoms with van der Waals surface area (Å²) in [6.07, 6.45) is 9.60. The molecule has 1 saturated carbocycles. The third-order valence-corrected chi connectivity index (χ3v) is 3.66. The minimum atomic E-state index is 0.348. The molecule has 0 bridgehead atoms. The average Bonchev–Trinajstić information content (AvgIpc) is 2.78. The first-order valence-corrected chi connectivity index (χ1v) is 7.05. The van der Waals surface area contributed by atoms with Crippen LogP contribution in [0, 0.1) is 5.92 Å². The van der Waals surface area contributed by atoms with Gasteiger partial charge >= 0.3 is 0 Å². The molecule has 16 heavy (non-hydrogen) atoms. The van der Waals surface area contributed by atoms with E-state index in [0.717, 1.165) is 23.3 Å². The maximum Gasteiger partial charge on any atom is 0.224 e. The summed E-state index contributed by atoms with van der Waals surface area (Å²) < 4.78 is 0. The number of aryl methyl sites for hydroxylation is 1. The Bertz CT molecular complexity index is 350. The maximum atomic E-state index is 5.64. The first kappa shape index (κ1) is 11.6. The molecule has 2 rings (SSSR count). The van der Waals surface area contributed by atoms with Crippen molar-refractivity contribution in [2.45, 2.75) is 43.7 Å². The second-order valence-corrected chi connectivity index (χ2v) is 5.06. The lowest BCUT2D eigenvalue weighted by Crippen LogP contribution is -2.06. The van der Waals surface area contributed by atoms with E-state index in [9.17, 15) is 0 Å². The van der Waals surface area contributed by atoms with Crippen LogP contribution in [0.1, 0.15) is 37.9 Å². The van der Waals surface area contributed by atoms with Gasteiger partial charge in [0.2, 0.25) is 5.95 Å². The molecule has 1 heterocycles. The number of nitrogens with zero attached hydrogens (tertiary/aromatic N) is 3. The minimum Gasteiger partial charge on any atom is -0.368 e. The van der Waals surface area contributed by atoms with Crippen molar-refractivity contribution in [1.82, 2.24) is 15.0 Å². The van der Waals surface area contributed by atoms with Gasteiger partial charge in [-0.1, -0.05) is 37.4 Å². The number of thioether (sulfide) groups is 1. The second kappa shape index (κ2) is 5.48. The summed E-state index contributed by atoms with van der Waals surface area (Å²) in [5, 5.41) is 0.730. The Hall–Kier alpha value is -0.840. The van der Waals surface area contributed by atoms with Gasteiger partial charge in [-0.15, -0.1) is 0 Å². The third kappa shape index (κ3) is 3.07. The highest BCUT2D eigenvalue weighted by Crippen LogP contribution is 2.28. The van der Waals surface area contributed by atoms with Crippen molar-refractivity contribution < 1.29 is 0 Å². The fourth-order valence-corrected chi connectivity index (χ4v) is 2.63. The molecule has 1 fully saturated rings. The van der Waals surface area contributed by atoms with Gasteiger partial charge in [0.15, 0.2) is 5.16 Å². The summed E-state index contributed by atoms with van der Waals surface area (Å²) in [4.78, 5) is 12.6. The van der Waals surface area contributed by atoms with E-state index < -0.39 is 0 Å². The first-order valence-electron chi connectivity index (χ1n) is 5.82. The van der Waals surface area contributed by atoms with Crippen molar-refractivity contribution in [3.63, 3.8) is 0 Å². The Morgan fingerprint density at radius 2 is 2.00 bits per heavy atom. The first-order chi connectivity index (χ1) is 7.78. The van der Waals surface area contributed by atoms with Crippen LogP contribution in [0.2, 0.25) is 0 Å². The predicted molar refractivity (Wildman–Crippen MR) is 66.3 cm³/mol. The largest absolute Gasteiger partial charge is 0.368 e. The molecule has 0 unspecified atom stereocenters. The molecule has 0 atom stereocenters. The second-order valence-electron chi connectivity index (χ2n) is 4.29. The topological polar surface area (TPSA) is 64.7 Å². The average molecular weight is 238 g/mol. The molecular weight excluding hydrogens is 220 g/mol. The van der Waals surface area contributed by atoms with Gasteiger partial charge in [-0.25, -0.2) is 4.98 Å². The number of aromatic nitrogens is 3. The minimum absolute atomic E-state index is 0.348. The van der Waals surface area contributed by atoms with E-state index in [2.05, 4.69) is 15.0 Å². The van der Waals surface area contributed by atoms with Crippen LogP contribution in [-0.2, 0) is 6.42 Å². The van der Waals surface area contributed by atoms with E-state index in [1.807, 2.05) is 6.26 Å². The van der Waals surface area contributed by atoms with Crippen LogP contribution in [0.5, 0.6) is 0 Å². The smallest absolute Gasteiger partial charge is 0.224 e. The van der Waals surface area contributed by atoms with Gasteiger partial charge in [0.1, 0.15) is 5.82 Å². The lowest BCUT2D eigenvalue weighted by atomic mass is 10.0. The highest BCUT2D eigenvalue weighted by atomic mass is 32.2. The molecule has 4 nitrogen and oxygen atoms in total. The summed E-state index contributed by atoms with van der Waals surface area (Å²) >= 11 is 1.51. The molecule has 5 heteroatoms. The van der Waals surface area contributed by atoms with Crippen LogP contribution in [0.4, 0.5) is 5.95 Å². The molecule has 1 aliphatic carbocycles. The van der Waals surface area contributed by atoms with E-state index in [1.54, 1.807) is 0 Å². The predicted octanol–water partition coefficient (Wildman–Crippen LogP) is 2.30. The number of hydrogen-bond donors (Lipinski definition) is 1. The van der Waals surface area contributed by atoms with Gasteiger partial charge in [0.05, 0.1) is 0 Å². The lowest BCUT2D eigenvalue weighted by Gasteiger charge is -2.08. The number of nitrogen functional groups attached to an aromatic ring is 1. The molecule has 1 aromatic rings. The normalized spacial score (nSPS) is 16.8. The molecule has 0 aromatic carbocycles. The van der Waals surface area contributed by atoms with Crippen molar-refractivity contribution in [2.24, 2.45) is 5.92 Å². The summed E-state index contributed by atoms with van der Waals surface area (Å²) in [6, 6.07) is 0. The van der Waals surface area contributed by atoms with E-state index in [1.165, 1.54) is 43.9 Å². The Kier molecular flexibility index (Phi) is 3.98. The fraction of sp³-hybridized carbons (Fsp3) is 0.727. The van der Waals surface area contributed by atoms with Crippen LogP contribution < -0.4 is 5.73 Å². The SMILES string of the molecule is CSc1nc(N)nc(CCC2CCCC2)n1. The molecule has 1 aromatic heterocycles. The molecule has 0 radical (unpaired) electrons. The van der Waals surface area contributed by atoms with Crippen molar-refractivity contribution in [3.8, 4) is 0 Å². The van der Waals surface area contributed by atoms with Crippen molar-refractivity contribution in [2.75, 3.05) is 12.0 Å². The summed E-state index contributed by atoms with van der Waals surface area (Å²) in [5.41, 5.74) is 5.64. The Morgan fingerprint density at radius 3 is 2.69 bits per heavy atom. The van der Waals surface area contributed by atoms with Crippen molar-refractivity contribution in [1.29, 1.82) is 0 Å². The molecule has 0 saturated heterocycles. The zero-order valence-corrected chi connectivity index (χ0v) is 10.5. The number of hydrogen-bond acceptors (Lipinski definition) is 5. The Labute approximate surface area is 100 Å². The van der Waals surface area contributed by atoms with Crippen molar-refractivity contribution in [3.05, 3.63) is 5.82 Å². The Morgan fingerprint density at radius 1 is 1.25 bits per heavy atom. The zero-order chi connectivity index (χ0) is 11.4.